The van der Waals surface area contributed by atoms with Crippen molar-refractivity contribution in [3.8, 4) is 0 Å². The molecular formula is C8H6F2N2O3S. The van der Waals surface area contributed by atoms with E-state index in [1.54, 1.807) is 0 Å². The number of sulfonamides is 1. The molecule has 1 aromatic carbocycles. The second-order valence-corrected chi connectivity index (χ2v) is 4.46. The first-order chi connectivity index (χ1) is 7.39. The van der Waals surface area contributed by atoms with Gasteiger partial charge < -0.3 is 4.42 Å². The van der Waals surface area contributed by atoms with E-state index in [0.717, 1.165) is 6.07 Å². The van der Waals surface area contributed by atoms with Gasteiger partial charge in [0.1, 0.15) is 5.52 Å². The number of hydrogen-bond donors (Lipinski definition) is 1. The highest BCUT2D eigenvalue weighted by atomic mass is 32.2. The summed E-state index contributed by atoms with van der Waals surface area (Å²) in [5.41, 5.74) is -0.625. The highest BCUT2D eigenvalue weighted by Crippen LogP contribution is 2.28. The molecule has 0 unspecified atom stereocenters. The predicted octanol–water partition coefficient (Wildman–Crippen LogP) is 1.41. The molecule has 0 spiro atoms. The van der Waals surface area contributed by atoms with Crippen molar-refractivity contribution < 1.29 is 21.6 Å². The molecule has 0 aliphatic carbocycles. The SMILES string of the molecule is NS(=O)(=O)c1nc2c(C(F)F)cccc2o1. The van der Waals surface area contributed by atoms with E-state index >= 15 is 0 Å². The third-order valence-electron chi connectivity index (χ3n) is 1.91. The van der Waals surface area contributed by atoms with Crippen molar-refractivity contribution in [2.45, 2.75) is 11.6 Å². The Balaban J connectivity index is 2.76. The van der Waals surface area contributed by atoms with Gasteiger partial charge in [-0.2, -0.15) is 4.98 Å². The molecule has 16 heavy (non-hydrogen) atoms. The average Bonchev–Trinajstić information content (AvgIpc) is 2.59. The Kier molecular flexibility index (Phi) is 2.39. The van der Waals surface area contributed by atoms with Gasteiger partial charge in [0.2, 0.25) is 0 Å². The van der Waals surface area contributed by atoms with Gasteiger partial charge >= 0.3 is 5.22 Å². The van der Waals surface area contributed by atoms with Crippen molar-refractivity contribution in [1.82, 2.24) is 4.98 Å². The van der Waals surface area contributed by atoms with Crippen molar-refractivity contribution in [2.24, 2.45) is 5.14 Å². The van der Waals surface area contributed by atoms with Gasteiger partial charge in [-0.05, 0) is 6.07 Å². The number of fused-ring (bicyclic) bond motifs is 1. The number of hydrogen-bond acceptors (Lipinski definition) is 4. The summed E-state index contributed by atoms with van der Waals surface area (Å²) in [7, 11) is -4.13. The smallest absolute Gasteiger partial charge is 0.331 e. The van der Waals surface area contributed by atoms with Crippen LogP contribution in [0.5, 0.6) is 0 Å². The minimum atomic E-state index is -4.13. The fraction of sp³-hybridized carbons (Fsp3) is 0.125. The maximum absolute atomic E-state index is 12.5. The molecule has 0 bridgehead atoms. The molecule has 0 amide bonds. The van der Waals surface area contributed by atoms with E-state index in [4.69, 9.17) is 9.56 Å². The Bertz CT molecular complexity index is 636. The Labute approximate surface area is 88.9 Å². The number of oxazole rings is 1. The van der Waals surface area contributed by atoms with Crippen LogP contribution in [0.1, 0.15) is 12.0 Å². The van der Waals surface area contributed by atoms with Crippen LogP contribution in [-0.4, -0.2) is 13.4 Å². The lowest BCUT2D eigenvalue weighted by molar-refractivity contribution is 0.153. The first-order valence-electron chi connectivity index (χ1n) is 4.10. The molecule has 2 N–H and O–H groups in total. The third-order valence-corrected chi connectivity index (χ3v) is 2.57. The molecule has 0 atom stereocenters. The van der Waals surface area contributed by atoms with Crippen molar-refractivity contribution in [1.29, 1.82) is 0 Å². The van der Waals surface area contributed by atoms with Crippen LogP contribution in [0.4, 0.5) is 8.78 Å². The van der Waals surface area contributed by atoms with Crippen LogP contribution in [0.3, 0.4) is 0 Å². The number of primary sulfonamides is 1. The summed E-state index contributed by atoms with van der Waals surface area (Å²) in [6.45, 7) is 0. The van der Waals surface area contributed by atoms with Crippen LogP contribution in [0.2, 0.25) is 0 Å². The van der Waals surface area contributed by atoms with E-state index in [1.807, 2.05) is 0 Å². The molecule has 2 rings (SSSR count). The monoisotopic (exact) mass is 248 g/mol. The van der Waals surface area contributed by atoms with Crippen LogP contribution >= 0.6 is 0 Å². The van der Waals surface area contributed by atoms with Crippen molar-refractivity contribution >= 4 is 21.1 Å². The fourth-order valence-electron chi connectivity index (χ4n) is 1.25. The zero-order valence-corrected chi connectivity index (χ0v) is 8.54. The number of rotatable bonds is 2. The number of nitrogens with two attached hydrogens (primary N) is 1. The van der Waals surface area contributed by atoms with E-state index in [0.29, 0.717) is 0 Å². The summed E-state index contributed by atoms with van der Waals surface area (Å²) in [4.78, 5) is 3.45. The van der Waals surface area contributed by atoms with E-state index in [-0.39, 0.29) is 11.1 Å². The summed E-state index contributed by atoms with van der Waals surface area (Å²) < 4.78 is 51.7. The van der Waals surface area contributed by atoms with E-state index in [1.165, 1.54) is 12.1 Å². The molecule has 86 valence electrons. The molecular weight excluding hydrogens is 242 g/mol. The summed E-state index contributed by atoms with van der Waals surface area (Å²) in [5, 5.41) is 4.01. The highest BCUT2D eigenvalue weighted by molar-refractivity contribution is 7.88. The molecule has 1 heterocycles. The molecule has 8 heteroatoms. The summed E-state index contributed by atoms with van der Waals surface area (Å²) in [5.74, 6) is 0. The standard InChI is InChI=1S/C8H6F2N2O3S/c9-7(10)4-2-1-3-5-6(4)12-8(15-5)16(11,13)14/h1-3,7H,(H2,11,13,14). The second-order valence-electron chi connectivity index (χ2n) is 3.02. The topological polar surface area (TPSA) is 86.2 Å². The maximum atomic E-state index is 12.5. The number of halogens is 2. The Morgan fingerprint density at radius 2 is 2.06 bits per heavy atom. The van der Waals surface area contributed by atoms with Crippen LogP contribution < -0.4 is 5.14 Å². The molecule has 0 saturated carbocycles. The van der Waals surface area contributed by atoms with Crippen LogP contribution in [-0.2, 0) is 10.0 Å². The van der Waals surface area contributed by atoms with E-state index in [2.05, 4.69) is 4.98 Å². The summed E-state index contributed by atoms with van der Waals surface area (Å²) in [6.07, 6.45) is -2.76. The minimum absolute atomic E-state index is 0.0400. The van der Waals surface area contributed by atoms with Crippen LogP contribution in [0.15, 0.2) is 27.8 Å². The lowest BCUT2D eigenvalue weighted by Gasteiger charge is -1.97. The van der Waals surface area contributed by atoms with Crippen LogP contribution in [0, 0.1) is 0 Å². The summed E-state index contributed by atoms with van der Waals surface area (Å²) >= 11 is 0. The summed E-state index contributed by atoms with van der Waals surface area (Å²) in [6, 6.07) is 3.80. The second kappa shape index (κ2) is 3.49. The lowest BCUT2D eigenvalue weighted by Crippen LogP contribution is -2.12. The van der Waals surface area contributed by atoms with Gasteiger partial charge in [0.15, 0.2) is 5.58 Å². The predicted molar refractivity (Wildman–Crippen MR) is 50.3 cm³/mol. The number of aromatic nitrogens is 1. The normalized spacial score (nSPS) is 12.5. The van der Waals surface area contributed by atoms with E-state index < -0.39 is 27.2 Å². The highest BCUT2D eigenvalue weighted by Gasteiger charge is 2.21. The van der Waals surface area contributed by atoms with Gasteiger partial charge in [-0.15, -0.1) is 0 Å². The van der Waals surface area contributed by atoms with E-state index in [9.17, 15) is 17.2 Å². The average molecular weight is 248 g/mol. The molecule has 0 radical (unpaired) electrons. The molecule has 5 nitrogen and oxygen atoms in total. The zero-order valence-electron chi connectivity index (χ0n) is 7.72. The fourth-order valence-corrected chi connectivity index (χ4v) is 1.67. The van der Waals surface area contributed by atoms with Gasteiger partial charge in [-0.3, -0.25) is 0 Å². The number of alkyl halides is 2. The Morgan fingerprint density at radius 3 is 2.62 bits per heavy atom. The van der Waals surface area contributed by atoms with Gasteiger partial charge in [0.25, 0.3) is 16.4 Å². The van der Waals surface area contributed by atoms with Crippen molar-refractivity contribution in [2.75, 3.05) is 0 Å². The molecule has 0 aliphatic rings. The number of para-hydroxylation sites is 1. The first kappa shape index (κ1) is 11.0. The third kappa shape index (κ3) is 1.76. The zero-order chi connectivity index (χ0) is 11.9. The van der Waals surface area contributed by atoms with Gasteiger partial charge in [-0.1, -0.05) is 12.1 Å². The molecule has 1 aromatic heterocycles. The lowest BCUT2D eigenvalue weighted by atomic mass is 10.2. The van der Waals surface area contributed by atoms with Gasteiger partial charge in [-0.25, -0.2) is 22.3 Å². The first-order valence-corrected chi connectivity index (χ1v) is 5.64. The van der Waals surface area contributed by atoms with Crippen LogP contribution in [0.25, 0.3) is 11.1 Å². The number of nitrogens with zero attached hydrogens (tertiary/aromatic N) is 1. The van der Waals surface area contributed by atoms with Gasteiger partial charge in [0, 0.05) is 5.56 Å². The van der Waals surface area contributed by atoms with Crippen molar-refractivity contribution in [3.05, 3.63) is 23.8 Å². The van der Waals surface area contributed by atoms with Gasteiger partial charge in [0.05, 0.1) is 0 Å². The molecule has 0 aliphatic heterocycles. The Hall–Kier alpha value is -1.54. The molecule has 0 fully saturated rings. The Morgan fingerprint density at radius 1 is 1.38 bits per heavy atom. The number of benzene rings is 1. The molecule has 2 aromatic rings. The molecule has 0 saturated heterocycles. The minimum Gasteiger partial charge on any atom is -0.427 e. The largest absolute Gasteiger partial charge is 0.427 e. The maximum Gasteiger partial charge on any atom is 0.331 e. The van der Waals surface area contributed by atoms with Crippen molar-refractivity contribution in [3.63, 3.8) is 0 Å². The quantitative estimate of drug-likeness (QED) is 0.870.